The molecule has 0 bridgehead atoms. The molecule has 1 heterocycles. The summed E-state index contributed by atoms with van der Waals surface area (Å²) < 4.78 is 14.3. The molecule has 1 aromatic carbocycles. The summed E-state index contributed by atoms with van der Waals surface area (Å²) in [6.45, 7) is 6.10. The predicted octanol–water partition coefficient (Wildman–Crippen LogP) is 4.95. The summed E-state index contributed by atoms with van der Waals surface area (Å²) in [4.78, 5) is 6.22. The molecule has 2 aliphatic rings. The minimum absolute atomic E-state index is 0.143. The van der Waals surface area contributed by atoms with Crippen LogP contribution in [0.4, 0.5) is 4.39 Å². The van der Waals surface area contributed by atoms with Crippen molar-refractivity contribution in [1.82, 2.24) is 0 Å². The predicted molar refractivity (Wildman–Crippen MR) is 80.1 cm³/mol. The number of nitrogens with zero attached hydrogens (tertiary/aromatic N) is 1. The number of aliphatic imine (C=N–C) groups is 1. The molecule has 1 aliphatic heterocycles. The van der Waals surface area contributed by atoms with Crippen LogP contribution in [0.15, 0.2) is 33.7 Å². The number of halogens is 1. The maximum atomic E-state index is 14.3. The molecule has 0 N–H and O–H groups in total. The molecule has 19 heavy (non-hydrogen) atoms. The van der Waals surface area contributed by atoms with E-state index in [0.29, 0.717) is 0 Å². The standard InChI is InChI=1S/C16H18FNS/c1-10-7-8-14(17)13(9-10)16(3)12-5-4-6-15(12)19-11(2)18-16/h7-9H,4-6H2,1-3H3. The Kier molecular flexibility index (Phi) is 3.05. The van der Waals surface area contributed by atoms with Crippen LogP contribution in [0.1, 0.15) is 44.2 Å². The second-order valence-electron chi connectivity index (χ2n) is 5.54. The third kappa shape index (κ3) is 2.04. The van der Waals surface area contributed by atoms with E-state index in [1.807, 2.05) is 26.0 Å². The summed E-state index contributed by atoms with van der Waals surface area (Å²) in [7, 11) is 0. The van der Waals surface area contributed by atoms with Gasteiger partial charge < -0.3 is 0 Å². The van der Waals surface area contributed by atoms with Gasteiger partial charge in [-0.1, -0.05) is 29.5 Å². The minimum atomic E-state index is -0.503. The lowest BCUT2D eigenvalue weighted by Crippen LogP contribution is -2.27. The summed E-state index contributed by atoms with van der Waals surface area (Å²) in [5, 5.41) is 1.05. The lowest BCUT2D eigenvalue weighted by atomic mass is 9.83. The molecule has 1 unspecified atom stereocenters. The molecule has 1 atom stereocenters. The van der Waals surface area contributed by atoms with E-state index in [2.05, 4.69) is 6.92 Å². The van der Waals surface area contributed by atoms with Crippen molar-refractivity contribution in [2.45, 2.75) is 45.6 Å². The van der Waals surface area contributed by atoms with Crippen LogP contribution < -0.4 is 0 Å². The molecular formula is C16H18FNS. The number of allylic oxidation sites excluding steroid dienone is 1. The van der Waals surface area contributed by atoms with Gasteiger partial charge in [0.05, 0.1) is 5.04 Å². The van der Waals surface area contributed by atoms with E-state index in [1.54, 1.807) is 17.8 Å². The molecule has 0 radical (unpaired) electrons. The van der Waals surface area contributed by atoms with Gasteiger partial charge in [-0.15, -0.1) is 0 Å². The zero-order valence-corrected chi connectivity index (χ0v) is 12.4. The fourth-order valence-corrected chi connectivity index (χ4v) is 4.42. The third-order valence-corrected chi connectivity index (χ3v) is 5.14. The molecule has 1 nitrogen and oxygen atoms in total. The number of hydrogen-bond donors (Lipinski definition) is 0. The van der Waals surface area contributed by atoms with Crippen molar-refractivity contribution in [1.29, 1.82) is 0 Å². The van der Waals surface area contributed by atoms with E-state index >= 15 is 0 Å². The number of aryl methyl sites for hydroxylation is 1. The lowest BCUT2D eigenvalue weighted by molar-refractivity contribution is 0.515. The second-order valence-corrected chi connectivity index (χ2v) is 6.83. The molecule has 0 spiro atoms. The highest BCUT2D eigenvalue weighted by Gasteiger charge is 2.39. The van der Waals surface area contributed by atoms with Gasteiger partial charge in [-0.3, -0.25) is 4.99 Å². The normalized spacial score (nSPS) is 26.4. The Bertz CT molecular complexity index is 603. The largest absolute Gasteiger partial charge is 0.267 e. The first-order valence-corrected chi connectivity index (χ1v) is 7.56. The Morgan fingerprint density at radius 1 is 1.26 bits per heavy atom. The van der Waals surface area contributed by atoms with Crippen molar-refractivity contribution in [2.24, 2.45) is 4.99 Å². The average molecular weight is 275 g/mol. The Morgan fingerprint density at radius 2 is 2.05 bits per heavy atom. The monoisotopic (exact) mass is 275 g/mol. The zero-order chi connectivity index (χ0) is 13.6. The lowest BCUT2D eigenvalue weighted by Gasteiger charge is -2.33. The van der Waals surface area contributed by atoms with Crippen LogP contribution in [0.3, 0.4) is 0 Å². The molecule has 1 aliphatic carbocycles. The molecule has 3 heteroatoms. The number of thioether (sulfide) groups is 1. The quantitative estimate of drug-likeness (QED) is 0.706. The summed E-state index contributed by atoms with van der Waals surface area (Å²) in [6.07, 6.45) is 3.34. The molecule has 0 aromatic heterocycles. The van der Waals surface area contributed by atoms with Crippen LogP contribution in [0.5, 0.6) is 0 Å². The summed E-state index contributed by atoms with van der Waals surface area (Å²) >= 11 is 1.77. The Morgan fingerprint density at radius 3 is 2.84 bits per heavy atom. The van der Waals surface area contributed by atoms with Gasteiger partial charge in [0.15, 0.2) is 0 Å². The fourth-order valence-electron chi connectivity index (χ4n) is 3.16. The van der Waals surface area contributed by atoms with Crippen LogP contribution in [-0.4, -0.2) is 5.04 Å². The van der Waals surface area contributed by atoms with E-state index < -0.39 is 5.54 Å². The summed E-state index contributed by atoms with van der Waals surface area (Å²) in [6, 6.07) is 5.34. The van der Waals surface area contributed by atoms with Crippen molar-refractivity contribution in [3.05, 3.63) is 45.6 Å². The molecule has 1 aromatic rings. The van der Waals surface area contributed by atoms with Crippen molar-refractivity contribution < 1.29 is 4.39 Å². The molecule has 0 saturated heterocycles. The fraction of sp³-hybridized carbons (Fsp3) is 0.438. The van der Waals surface area contributed by atoms with E-state index in [1.165, 1.54) is 16.9 Å². The first-order valence-electron chi connectivity index (χ1n) is 6.74. The highest BCUT2D eigenvalue weighted by Crippen LogP contribution is 2.50. The molecule has 0 saturated carbocycles. The second kappa shape index (κ2) is 4.48. The Hall–Kier alpha value is -1.09. The maximum absolute atomic E-state index is 14.3. The van der Waals surface area contributed by atoms with Gasteiger partial charge >= 0.3 is 0 Å². The van der Waals surface area contributed by atoms with Crippen LogP contribution in [0.2, 0.25) is 0 Å². The van der Waals surface area contributed by atoms with Gasteiger partial charge in [0, 0.05) is 5.56 Å². The van der Waals surface area contributed by atoms with Crippen molar-refractivity contribution in [2.75, 3.05) is 0 Å². The van der Waals surface area contributed by atoms with Gasteiger partial charge in [0.25, 0.3) is 0 Å². The van der Waals surface area contributed by atoms with Gasteiger partial charge in [0.2, 0.25) is 0 Å². The van der Waals surface area contributed by atoms with Crippen LogP contribution in [0.25, 0.3) is 0 Å². The van der Waals surface area contributed by atoms with Gasteiger partial charge in [-0.05, 0) is 56.6 Å². The molecule has 3 rings (SSSR count). The number of benzene rings is 1. The smallest absolute Gasteiger partial charge is 0.129 e. The van der Waals surface area contributed by atoms with E-state index in [9.17, 15) is 4.39 Å². The van der Waals surface area contributed by atoms with Gasteiger partial charge in [-0.2, -0.15) is 0 Å². The number of hydrogen-bond acceptors (Lipinski definition) is 2. The first kappa shape index (κ1) is 12.9. The maximum Gasteiger partial charge on any atom is 0.129 e. The van der Waals surface area contributed by atoms with Gasteiger partial charge in [0.1, 0.15) is 11.4 Å². The highest BCUT2D eigenvalue weighted by molar-refractivity contribution is 8.17. The molecular weight excluding hydrogens is 257 g/mol. The zero-order valence-electron chi connectivity index (χ0n) is 11.6. The Balaban J connectivity index is 2.20. The van der Waals surface area contributed by atoms with Crippen LogP contribution in [0, 0.1) is 12.7 Å². The first-order chi connectivity index (χ1) is 9.00. The summed E-state index contributed by atoms with van der Waals surface area (Å²) in [5.74, 6) is -0.143. The molecule has 0 amide bonds. The Labute approximate surface area is 118 Å². The SMILES string of the molecule is CC1=NC(C)(c2cc(C)ccc2F)C2=C(CCC2)S1. The third-order valence-electron chi connectivity index (χ3n) is 4.05. The summed E-state index contributed by atoms with van der Waals surface area (Å²) in [5.41, 5.74) is 2.63. The van der Waals surface area contributed by atoms with E-state index in [0.717, 1.165) is 29.0 Å². The number of rotatable bonds is 1. The van der Waals surface area contributed by atoms with E-state index in [-0.39, 0.29) is 5.82 Å². The highest BCUT2D eigenvalue weighted by atomic mass is 32.2. The van der Waals surface area contributed by atoms with Crippen molar-refractivity contribution in [3.63, 3.8) is 0 Å². The van der Waals surface area contributed by atoms with Crippen LogP contribution in [-0.2, 0) is 5.54 Å². The molecule has 100 valence electrons. The minimum Gasteiger partial charge on any atom is -0.267 e. The van der Waals surface area contributed by atoms with E-state index in [4.69, 9.17) is 4.99 Å². The molecule has 0 fully saturated rings. The average Bonchev–Trinajstić information content (AvgIpc) is 2.80. The topological polar surface area (TPSA) is 12.4 Å². The van der Waals surface area contributed by atoms with Crippen molar-refractivity contribution >= 4 is 16.8 Å². The van der Waals surface area contributed by atoms with Crippen molar-refractivity contribution in [3.8, 4) is 0 Å². The van der Waals surface area contributed by atoms with Crippen LogP contribution >= 0.6 is 11.8 Å². The van der Waals surface area contributed by atoms with Gasteiger partial charge in [-0.25, -0.2) is 4.39 Å².